The first kappa shape index (κ1) is 14.3. The van der Waals surface area contributed by atoms with Gasteiger partial charge in [-0.15, -0.1) is 0 Å². The minimum absolute atomic E-state index is 0.0692. The highest BCUT2D eigenvalue weighted by Crippen LogP contribution is 2.24. The lowest BCUT2D eigenvalue weighted by atomic mass is 10.1. The molecular formula is C15H18N2O3. The summed E-state index contributed by atoms with van der Waals surface area (Å²) in [6.45, 7) is 5.21. The fourth-order valence-corrected chi connectivity index (χ4v) is 2.09. The fraction of sp³-hybridized carbons (Fsp3) is 0.333. The lowest BCUT2D eigenvalue weighted by Gasteiger charge is -2.14. The standard InChI is InChI=1S/C15H18N2O3/c1-3-20-10(2)8-16-14-12-7-5-4-6-11(12)13(9-17-14)15(18)19/h4-7,9-10H,3,8H2,1-2H3,(H,16,17)(H,18,19). The van der Waals surface area contributed by atoms with Crippen molar-refractivity contribution in [2.45, 2.75) is 20.0 Å². The number of ether oxygens (including phenoxy) is 1. The maximum atomic E-state index is 11.2. The van der Waals surface area contributed by atoms with Crippen molar-refractivity contribution in [2.75, 3.05) is 18.5 Å². The number of aromatic nitrogens is 1. The summed E-state index contributed by atoms with van der Waals surface area (Å²) in [6.07, 6.45) is 1.46. The van der Waals surface area contributed by atoms with Crippen LogP contribution in [0.4, 0.5) is 5.82 Å². The first-order chi connectivity index (χ1) is 9.63. The molecule has 2 rings (SSSR count). The van der Waals surface area contributed by atoms with Crippen molar-refractivity contribution in [3.8, 4) is 0 Å². The number of anilines is 1. The van der Waals surface area contributed by atoms with E-state index < -0.39 is 5.97 Å². The molecule has 0 aliphatic heterocycles. The minimum atomic E-state index is -0.970. The molecule has 2 N–H and O–H groups in total. The van der Waals surface area contributed by atoms with Gasteiger partial charge in [0.25, 0.3) is 0 Å². The molecule has 20 heavy (non-hydrogen) atoms. The Hall–Kier alpha value is -2.14. The van der Waals surface area contributed by atoms with Crippen molar-refractivity contribution >= 4 is 22.6 Å². The van der Waals surface area contributed by atoms with Crippen LogP contribution in [-0.2, 0) is 4.74 Å². The predicted molar refractivity (Wildman–Crippen MR) is 78.3 cm³/mol. The smallest absolute Gasteiger partial charge is 0.337 e. The molecule has 5 heteroatoms. The molecule has 0 spiro atoms. The van der Waals surface area contributed by atoms with Gasteiger partial charge in [0.15, 0.2) is 0 Å². The number of nitrogens with zero attached hydrogens (tertiary/aromatic N) is 1. The molecule has 0 radical (unpaired) electrons. The third kappa shape index (κ3) is 3.05. The molecule has 1 atom stereocenters. The maximum absolute atomic E-state index is 11.2. The number of rotatable bonds is 6. The van der Waals surface area contributed by atoms with Gasteiger partial charge in [-0.2, -0.15) is 0 Å². The lowest BCUT2D eigenvalue weighted by Crippen LogP contribution is -2.20. The molecule has 0 aliphatic rings. The molecule has 0 amide bonds. The second-order valence-corrected chi connectivity index (χ2v) is 4.52. The number of pyridine rings is 1. The van der Waals surface area contributed by atoms with Crippen LogP contribution in [0.5, 0.6) is 0 Å². The van der Waals surface area contributed by atoms with Crippen LogP contribution in [0.15, 0.2) is 30.5 Å². The molecule has 2 aromatic rings. The van der Waals surface area contributed by atoms with Gasteiger partial charge in [-0.05, 0) is 13.8 Å². The minimum Gasteiger partial charge on any atom is -0.478 e. The van der Waals surface area contributed by atoms with E-state index in [2.05, 4.69) is 10.3 Å². The number of fused-ring (bicyclic) bond motifs is 1. The zero-order chi connectivity index (χ0) is 14.5. The lowest BCUT2D eigenvalue weighted by molar-refractivity contribution is 0.0698. The average molecular weight is 274 g/mol. The first-order valence-electron chi connectivity index (χ1n) is 6.60. The number of hydrogen-bond donors (Lipinski definition) is 2. The van der Waals surface area contributed by atoms with Gasteiger partial charge in [0.1, 0.15) is 5.82 Å². The fourth-order valence-electron chi connectivity index (χ4n) is 2.09. The third-order valence-electron chi connectivity index (χ3n) is 3.03. The van der Waals surface area contributed by atoms with E-state index in [1.54, 1.807) is 6.07 Å². The van der Waals surface area contributed by atoms with Gasteiger partial charge in [-0.3, -0.25) is 0 Å². The molecule has 106 valence electrons. The highest BCUT2D eigenvalue weighted by atomic mass is 16.5. The molecule has 0 fully saturated rings. The summed E-state index contributed by atoms with van der Waals surface area (Å²) in [4.78, 5) is 15.4. The van der Waals surface area contributed by atoms with Crippen molar-refractivity contribution in [3.05, 3.63) is 36.0 Å². The quantitative estimate of drug-likeness (QED) is 0.847. The van der Waals surface area contributed by atoms with Gasteiger partial charge in [0.05, 0.1) is 11.7 Å². The van der Waals surface area contributed by atoms with Gasteiger partial charge < -0.3 is 15.2 Å². The summed E-state index contributed by atoms with van der Waals surface area (Å²) in [6, 6.07) is 7.34. The van der Waals surface area contributed by atoms with Crippen LogP contribution in [0.25, 0.3) is 10.8 Å². The van der Waals surface area contributed by atoms with E-state index in [1.807, 2.05) is 32.0 Å². The molecule has 0 saturated carbocycles. The predicted octanol–water partition coefficient (Wildman–Crippen LogP) is 2.77. The molecule has 0 saturated heterocycles. The number of carboxylic acids is 1. The van der Waals surface area contributed by atoms with E-state index in [0.717, 1.165) is 5.39 Å². The average Bonchev–Trinajstić information content (AvgIpc) is 2.44. The molecule has 1 aromatic heterocycles. The maximum Gasteiger partial charge on any atom is 0.337 e. The first-order valence-corrected chi connectivity index (χ1v) is 6.60. The number of carbonyl (C=O) groups is 1. The van der Waals surface area contributed by atoms with Crippen LogP contribution in [0.1, 0.15) is 24.2 Å². The SMILES string of the molecule is CCOC(C)CNc1ncc(C(=O)O)c2ccccc12. The second kappa shape index (κ2) is 6.34. The second-order valence-electron chi connectivity index (χ2n) is 4.52. The summed E-state index contributed by atoms with van der Waals surface area (Å²) in [5.41, 5.74) is 0.212. The van der Waals surface area contributed by atoms with E-state index in [4.69, 9.17) is 4.74 Å². The van der Waals surface area contributed by atoms with Crippen LogP contribution >= 0.6 is 0 Å². The van der Waals surface area contributed by atoms with Crippen molar-refractivity contribution in [1.82, 2.24) is 4.98 Å². The third-order valence-corrected chi connectivity index (χ3v) is 3.03. The number of hydrogen-bond acceptors (Lipinski definition) is 4. The Bertz CT molecular complexity index is 613. The van der Waals surface area contributed by atoms with Crippen LogP contribution < -0.4 is 5.32 Å². The van der Waals surface area contributed by atoms with E-state index in [0.29, 0.717) is 24.4 Å². The largest absolute Gasteiger partial charge is 0.478 e. The van der Waals surface area contributed by atoms with Crippen LogP contribution in [0.2, 0.25) is 0 Å². The molecule has 1 unspecified atom stereocenters. The van der Waals surface area contributed by atoms with Crippen LogP contribution in [0, 0.1) is 0 Å². The van der Waals surface area contributed by atoms with E-state index in [1.165, 1.54) is 6.20 Å². The van der Waals surface area contributed by atoms with E-state index in [-0.39, 0.29) is 11.7 Å². The van der Waals surface area contributed by atoms with Crippen LogP contribution in [0.3, 0.4) is 0 Å². The summed E-state index contributed by atoms with van der Waals surface area (Å²) in [5.74, 6) is -0.292. The topological polar surface area (TPSA) is 71.5 Å². The summed E-state index contributed by atoms with van der Waals surface area (Å²) in [5, 5.41) is 13.9. The number of nitrogens with one attached hydrogen (secondary N) is 1. The van der Waals surface area contributed by atoms with Gasteiger partial charge in [0.2, 0.25) is 0 Å². The zero-order valence-corrected chi connectivity index (χ0v) is 11.6. The van der Waals surface area contributed by atoms with Gasteiger partial charge >= 0.3 is 5.97 Å². The number of aromatic carboxylic acids is 1. The number of carboxylic acid groups (broad SMARTS) is 1. The highest BCUT2D eigenvalue weighted by molar-refractivity contribution is 6.06. The Kier molecular flexibility index (Phi) is 4.53. The number of benzene rings is 1. The molecule has 0 aliphatic carbocycles. The Morgan fingerprint density at radius 3 is 2.75 bits per heavy atom. The Labute approximate surface area is 117 Å². The van der Waals surface area contributed by atoms with Crippen LogP contribution in [-0.4, -0.2) is 35.3 Å². The molecule has 1 heterocycles. The molecular weight excluding hydrogens is 256 g/mol. The van der Waals surface area contributed by atoms with Crippen molar-refractivity contribution in [1.29, 1.82) is 0 Å². The van der Waals surface area contributed by atoms with Crippen molar-refractivity contribution < 1.29 is 14.6 Å². The van der Waals surface area contributed by atoms with E-state index >= 15 is 0 Å². The zero-order valence-electron chi connectivity index (χ0n) is 11.6. The Morgan fingerprint density at radius 2 is 2.10 bits per heavy atom. The Morgan fingerprint density at radius 1 is 1.40 bits per heavy atom. The van der Waals surface area contributed by atoms with Gasteiger partial charge in [0, 0.05) is 30.1 Å². The van der Waals surface area contributed by atoms with Gasteiger partial charge in [-0.1, -0.05) is 24.3 Å². The van der Waals surface area contributed by atoms with Crippen molar-refractivity contribution in [2.24, 2.45) is 0 Å². The summed E-state index contributed by atoms with van der Waals surface area (Å²) >= 11 is 0. The summed E-state index contributed by atoms with van der Waals surface area (Å²) in [7, 11) is 0. The van der Waals surface area contributed by atoms with Crippen molar-refractivity contribution in [3.63, 3.8) is 0 Å². The van der Waals surface area contributed by atoms with Gasteiger partial charge in [-0.25, -0.2) is 9.78 Å². The molecule has 0 bridgehead atoms. The van der Waals surface area contributed by atoms with E-state index in [9.17, 15) is 9.90 Å². The molecule has 1 aromatic carbocycles. The Balaban J connectivity index is 2.31. The normalized spacial score (nSPS) is 12.3. The monoisotopic (exact) mass is 274 g/mol. The molecule has 5 nitrogen and oxygen atoms in total. The highest BCUT2D eigenvalue weighted by Gasteiger charge is 2.12. The summed E-state index contributed by atoms with van der Waals surface area (Å²) < 4.78 is 5.45.